The van der Waals surface area contributed by atoms with Crippen molar-refractivity contribution in [2.45, 2.75) is 23.8 Å². The van der Waals surface area contributed by atoms with Crippen LogP contribution in [-0.4, -0.2) is 23.3 Å². The molecule has 0 aliphatic rings. The van der Waals surface area contributed by atoms with Gasteiger partial charge in [0.2, 0.25) is 0 Å². The van der Waals surface area contributed by atoms with Gasteiger partial charge in [0, 0.05) is 4.90 Å². The lowest BCUT2D eigenvalue weighted by molar-refractivity contribution is 0.101. The van der Waals surface area contributed by atoms with Gasteiger partial charge in [-0.15, -0.1) is 23.5 Å². The molecular weight excluding hydrogens is 240 g/mol. The highest BCUT2D eigenvalue weighted by Gasteiger charge is 2.19. The topological polar surface area (TPSA) is 53.8 Å². The highest BCUT2D eigenvalue weighted by Crippen LogP contribution is 2.32. The molecule has 16 heavy (non-hydrogen) atoms. The SMILES string of the molecule is CSc1nc(C)c(C(C)=O)c(SC)c1C#N. The molecule has 0 aromatic carbocycles. The van der Waals surface area contributed by atoms with Crippen molar-refractivity contribution in [2.75, 3.05) is 12.5 Å². The molecule has 0 aliphatic heterocycles. The van der Waals surface area contributed by atoms with Crippen LogP contribution >= 0.6 is 23.5 Å². The fourth-order valence-electron chi connectivity index (χ4n) is 1.52. The van der Waals surface area contributed by atoms with Crippen molar-refractivity contribution in [2.24, 2.45) is 0 Å². The van der Waals surface area contributed by atoms with Gasteiger partial charge in [-0.3, -0.25) is 4.79 Å². The van der Waals surface area contributed by atoms with Crippen molar-refractivity contribution in [1.29, 1.82) is 5.26 Å². The summed E-state index contributed by atoms with van der Waals surface area (Å²) in [6.07, 6.45) is 3.74. The maximum absolute atomic E-state index is 11.5. The van der Waals surface area contributed by atoms with Gasteiger partial charge in [0.05, 0.1) is 16.8 Å². The number of aryl methyl sites for hydroxylation is 1. The van der Waals surface area contributed by atoms with Crippen LogP contribution in [0.4, 0.5) is 0 Å². The zero-order chi connectivity index (χ0) is 12.3. The number of pyridine rings is 1. The molecule has 0 N–H and O–H groups in total. The Morgan fingerprint density at radius 1 is 1.38 bits per heavy atom. The first-order valence-electron chi connectivity index (χ1n) is 4.60. The molecule has 0 fully saturated rings. The first-order valence-corrected chi connectivity index (χ1v) is 7.05. The average Bonchev–Trinajstić information content (AvgIpc) is 2.26. The summed E-state index contributed by atoms with van der Waals surface area (Å²) < 4.78 is 0. The number of carbonyl (C=O) groups is 1. The molecule has 1 aromatic heterocycles. The second-order valence-electron chi connectivity index (χ2n) is 3.16. The average molecular weight is 252 g/mol. The molecule has 0 unspecified atom stereocenters. The predicted molar refractivity (Wildman–Crippen MR) is 67.3 cm³/mol. The Hall–Kier alpha value is -0.990. The van der Waals surface area contributed by atoms with Crippen molar-refractivity contribution in [3.63, 3.8) is 0 Å². The number of Topliss-reactive ketones (excluding diaryl/α,β-unsaturated/α-hetero) is 1. The Bertz CT molecular complexity index is 478. The molecule has 0 spiro atoms. The van der Waals surface area contributed by atoms with Crippen LogP contribution in [0, 0.1) is 18.3 Å². The molecule has 0 amide bonds. The summed E-state index contributed by atoms with van der Waals surface area (Å²) in [5.41, 5.74) is 1.78. The monoisotopic (exact) mass is 252 g/mol. The summed E-state index contributed by atoms with van der Waals surface area (Å²) in [5.74, 6) is -0.0431. The minimum atomic E-state index is -0.0431. The number of aromatic nitrogens is 1. The molecule has 1 heterocycles. The van der Waals surface area contributed by atoms with Crippen LogP contribution in [0.1, 0.15) is 28.5 Å². The van der Waals surface area contributed by atoms with E-state index in [1.165, 1.54) is 30.4 Å². The third-order valence-corrected chi connectivity index (χ3v) is 3.66. The lowest BCUT2D eigenvalue weighted by atomic mass is 10.1. The molecule has 0 saturated carbocycles. The largest absolute Gasteiger partial charge is 0.294 e. The maximum Gasteiger partial charge on any atom is 0.162 e. The van der Waals surface area contributed by atoms with Crippen molar-refractivity contribution < 1.29 is 4.79 Å². The number of rotatable bonds is 3. The van der Waals surface area contributed by atoms with Crippen molar-refractivity contribution >= 4 is 29.3 Å². The van der Waals surface area contributed by atoms with E-state index in [0.29, 0.717) is 21.8 Å². The fourth-order valence-corrected chi connectivity index (χ4v) is 3.00. The summed E-state index contributed by atoms with van der Waals surface area (Å²) in [5, 5.41) is 9.82. The smallest absolute Gasteiger partial charge is 0.162 e. The van der Waals surface area contributed by atoms with Gasteiger partial charge in [-0.05, 0) is 26.4 Å². The molecule has 3 nitrogen and oxygen atoms in total. The van der Waals surface area contributed by atoms with E-state index < -0.39 is 0 Å². The van der Waals surface area contributed by atoms with Crippen LogP contribution in [0.15, 0.2) is 9.92 Å². The zero-order valence-electron chi connectivity index (χ0n) is 9.62. The van der Waals surface area contributed by atoms with Gasteiger partial charge in [-0.2, -0.15) is 5.26 Å². The van der Waals surface area contributed by atoms with Crippen LogP contribution in [0.25, 0.3) is 0 Å². The second kappa shape index (κ2) is 5.37. The van der Waals surface area contributed by atoms with E-state index in [2.05, 4.69) is 11.1 Å². The summed E-state index contributed by atoms with van der Waals surface area (Å²) in [7, 11) is 0. The highest BCUT2D eigenvalue weighted by molar-refractivity contribution is 7.99. The Kier molecular flexibility index (Phi) is 4.39. The molecule has 0 bridgehead atoms. The molecule has 84 valence electrons. The first kappa shape index (κ1) is 13.1. The maximum atomic E-state index is 11.5. The minimum Gasteiger partial charge on any atom is -0.294 e. The third-order valence-electron chi connectivity index (χ3n) is 2.16. The molecule has 5 heteroatoms. The second-order valence-corrected chi connectivity index (χ2v) is 4.77. The van der Waals surface area contributed by atoms with E-state index in [1.807, 2.05) is 12.5 Å². The quantitative estimate of drug-likeness (QED) is 0.611. The van der Waals surface area contributed by atoms with Gasteiger partial charge in [0.1, 0.15) is 11.1 Å². The van der Waals surface area contributed by atoms with Crippen molar-refractivity contribution in [1.82, 2.24) is 4.98 Å². The Morgan fingerprint density at radius 2 is 2.00 bits per heavy atom. The van der Waals surface area contributed by atoms with Gasteiger partial charge < -0.3 is 0 Å². The molecular formula is C11H12N2OS2. The third kappa shape index (κ3) is 2.23. The van der Waals surface area contributed by atoms with Crippen molar-refractivity contribution in [3.8, 4) is 6.07 Å². The van der Waals surface area contributed by atoms with Crippen LogP contribution < -0.4 is 0 Å². The van der Waals surface area contributed by atoms with Gasteiger partial charge in [0.25, 0.3) is 0 Å². The Balaban J connectivity index is 3.66. The Labute approximate surface area is 104 Å². The van der Waals surface area contributed by atoms with E-state index in [4.69, 9.17) is 5.26 Å². The van der Waals surface area contributed by atoms with E-state index in [1.54, 1.807) is 6.92 Å². The molecule has 1 aromatic rings. The number of hydrogen-bond donors (Lipinski definition) is 0. The molecule has 0 atom stereocenters. The normalized spacial score (nSPS) is 9.94. The minimum absolute atomic E-state index is 0.0431. The molecule has 1 rings (SSSR count). The Morgan fingerprint density at radius 3 is 2.38 bits per heavy atom. The van der Waals surface area contributed by atoms with E-state index >= 15 is 0 Å². The fraction of sp³-hybridized carbons (Fsp3) is 0.364. The van der Waals surface area contributed by atoms with Crippen LogP contribution in [0.3, 0.4) is 0 Å². The van der Waals surface area contributed by atoms with Crippen LogP contribution in [0.5, 0.6) is 0 Å². The number of ketones is 1. The van der Waals surface area contributed by atoms with Crippen LogP contribution in [-0.2, 0) is 0 Å². The summed E-state index contributed by atoms with van der Waals surface area (Å²) in [6.45, 7) is 3.31. The molecule has 0 aliphatic carbocycles. The summed E-state index contributed by atoms with van der Waals surface area (Å²) in [6, 6.07) is 2.13. The molecule has 0 radical (unpaired) electrons. The number of nitrogens with zero attached hydrogens (tertiary/aromatic N) is 2. The number of thioether (sulfide) groups is 2. The lowest BCUT2D eigenvalue weighted by Gasteiger charge is -2.11. The standard InChI is InChI=1S/C11H12N2OS2/c1-6-9(7(2)14)10(15-3)8(5-12)11(13-6)16-4/h1-4H3. The van der Waals surface area contributed by atoms with E-state index in [0.717, 1.165) is 4.90 Å². The van der Waals surface area contributed by atoms with Crippen molar-refractivity contribution in [3.05, 3.63) is 16.8 Å². The van der Waals surface area contributed by atoms with Crippen LogP contribution in [0.2, 0.25) is 0 Å². The lowest BCUT2D eigenvalue weighted by Crippen LogP contribution is -2.05. The van der Waals surface area contributed by atoms with Gasteiger partial charge in [0.15, 0.2) is 5.78 Å². The molecule has 0 saturated heterocycles. The zero-order valence-corrected chi connectivity index (χ0v) is 11.3. The highest BCUT2D eigenvalue weighted by atomic mass is 32.2. The summed E-state index contributed by atoms with van der Waals surface area (Å²) in [4.78, 5) is 16.6. The number of carbonyl (C=O) groups excluding carboxylic acids is 1. The van der Waals surface area contributed by atoms with E-state index in [9.17, 15) is 4.79 Å². The van der Waals surface area contributed by atoms with Gasteiger partial charge in [-0.25, -0.2) is 4.98 Å². The van der Waals surface area contributed by atoms with Gasteiger partial charge >= 0.3 is 0 Å². The first-order chi connectivity index (χ1) is 7.56. The number of hydrogen-bond acceptors (Lipinski definition) is 5. The predicted octanol–water partition coefficient (Wildman–Crippen LogP) is 2.91. The van der Waals surface area contributed by atoms with Gasteiger partial charge in [-0.1, -0.05) is 0 Å². The van der Waals surface area contributed by atoms with E-state index in [-0.39, 0.29) is 5.78 Å². The summed E-state index contributed by atoms with van der Waals surface area (Å²) >= 11 is 2.85. The number of nitriles is 1.